The summed E-state index contributed by atoms with van der Waals surface area (Å²) >= 11 is 3.42. The second-order valence-electron chi connectivity index (χ2n) is 5.50. The number of non-ortho nitro benzene ring substituents is 1. The number of likely N-dealkylation sites (tertiary alicyclic amines) is 1. The van der Waals surface area contributed by atoms with Crippen molar-refractivity contribution >= 4 is 27.3 Å². The molecule has 1 saturated heterocycles. The van der Waals surface area contributed by atoms with Gasteiger partial charge in [-0.2, -0.15) is 0 Å². The molecule has 0 N–H and O–H groups in total. The van der Waals surface area contributed by atoms with Gasteiger partial charge in [0.15, 0.2) is 0 Å². The molecule has 2 rings (SSSR count). The molecular weight excluding hydrogens is 322 g/mol. The zero-order valence-corrected chi connectivity index (χ0v) is 13.5. The maximum Gasteiger partial charge on any atom is 0.269 e. The van der Waals surface area contributed by atoms with E-state index in [1.807, 2.05) is 6.07 Å². The van der Waals surface area contributed by atoms with Crippen LogP contribution in [0.3, 0.4) is 0 Å². The quantitative estimate of drug-likeness (QED) is 0.469. The Labute approximate surface area is 127 Å². The molecule has 110 valence electrons. The predicted octanol–water partition coefficient (Wildman–Crippen LogP) is 2.88. The highest BCUT2D eigenvalue weighted by Crippen LogP contribution is 2.28. The zero-order chi connectivity index (χ0) is 14.7. The summed E-state index contributed by atoms with van der Waals surface area (Å²) < 4.78 is 0. The van der Waals surface area contributed by atoms with Crippen LogP contribution >= 0.6 is 15.9 Å². The minimum atomic E-state index is -0.345. The molecule has 0 aliphatic carbocycles. The number of hydrogen-bond donors (Lipinski definition) is 0. The summed E-state index contributed by atoms with van der Waals surface area (Å²) in [7, 11) is 4.21. The van der Waals surface area contributed by atoms with Crippen molar-refractivity contribution in [2.45, 2.75) is 11.8 Å². The van der Waals surface area contributed by atoms with Gasteiger partial charge in [0.1, 0.15) is 0 Å². The molecule has 0 radical (unpaired) electrons. The molecule has 1 fully saturated rings. The molecule has 0 saturated carbocycles. The van der Waals surface area contributed by atoms with E-state index in [0.29, 0.717) is 11.2 Å². The fraction of sp³-hybridized carbons (Fsp3) is 0.571. The third kappa shape index (κ3) is 3.49. The molecule has 1 aliphatic heterocycles. The van der Waals surface area contributed by atoms with Crippen LogP contribution in [0.25, 0.3) is 0 Å². The first kappa shape index (κ1) is 15.3. The van der Waals surface area contributed by atoms with Crippen LogP contribution in [-0.4, -0.2) is 43.6 Å². The van der Waals surface area contributed by atoms with Crippen molar-refractivity contribution in [2.75, 3.05) is 38.6 Å². The van der Waals surface area contributed by atoms with Gasteiger partial charge in [0.05, 0.1) is 4.92 Å². The van der Waals surface area contributed by atoms with E-state index >= 15 is 0 Å². The predicted molar refractivity (Wildman–Crippen MR) is 84.6 cm³/mol. The van der Waals surface area contributed by atoms with E-state index in [1.54, 1.807) is 12.1 Å². The van der Waals surface area contributed by atoms with Crippen molar-refractivity contribution in [2.24, 2.45) is 5.92 Å². The molecule has 5 nitrogen and oxygen atoms in total. The highest BCUT2D eigenvalue weighted by atomic mass is 79.9. The van der Waals surface area contributed by atoms with Crippen LogP contribution < -0.4 is 4.90 Å². The van der Waals surface area contributed by atoms with Crippen molar-refractivity contribution in [3.8, 4) is 0 Å². The Kier molecular flexibility index (Phi) is 4.99. The van der Waals surface area contributed by atoms with Gasteiger partial charge in [-0.1, -0.05) is 15.9 Å². The third-order valence-electron chi connectivity index (χ3n) is 3.85. The number of anilines is 1. The Morgan fingerprint density at radius 1 is 1.55 bits per heavy atom. The second-order valence-corrected chi connectivity index (χ2v) is 6.06. The normalized spacial score (nSPS) is 19.2. The van der Waals surface area contributed by atoms with E-state index in [9.17, 15) is 10.1 Å². The van der Waals surface area contributed by atoms with Crippen LogP contribution in [0.5, 0.6) is 0 Å². The lowest BCUT2D eigenvalue weighted by Crippen LogP contribution is -2.27. The van der Waals surface area contributed by atoms with Gasteiger partial charge in [-0.25, -0.2) is 0 Å². The monoisotopic (exact) mass is 341 g/mol. The summed E-state index contributed by atoms with van der Waals surface area (Å²) in [4.78, 5) is 15.1. The molecule has 1 unspecified atom stereocenters. The highest BCUT2D eigenvalue weighted by Gasteiger charge is 2.22. The molecule has 20 heavy (non-hydrogen) atoms. The minimum Gasteiger partial charge on any atom is -0.374 e. The van der Waals surface area contributed by atoms with Gasteiger partial charge in [0, 0.05) is 43.3 Å². The Bertz CT molecular complexity index is 495. The van der Waals surface area contributed by atoms with Crippen molar-refractivity contribution in [1.29, 1.82) is 0 Å². The molecule has 6 heteroatoms. The Hall–Kier alpha value is -1.14. The summed E-state index contributed by atoms with van der Waals surface area (Å²) in [5, 5.41) is 11.5. The van der Waals surface area contributed by atoms with Gasteiger partial charge >= 0.3 is 0 Å². The number of hydrogen-bond acceptors (Lipinski definition) is 4. The molecule has 0 amide bonds. The van der Waals surface area contributed by atoms with Gasteiger partial charge in [0.25, 0.3) is 5.69 Å². The largest absolute Gasteiger partial charge is 0.374 e. The standard InChI is InChI=1S/C14H20BrN3O2/c1-16-6-5-11(9-16)10-17(2)14-4-3-13(18(19)20)7-12(14)8-15/h3-4,7,11H,5-6,8-10H2,1-2H3. The van der Waals surface area contributed by atoms with Crippen molar-refractivity contribution < 1.29 is 4.92 Å². The smallest absolute Gasteiger partial charge is 0.269 e. The van der Waals surface area contributed by atoms with Gasteiger partial charge in [-0.15, -0.1) is 0 Å². The Morgan fingerprint density at radius 3 is 2.85 bits per heavy atom. The fourth-order valence-corrected chi connectivity index (χ4v) is 3.28. The number of halogens is 1. The number of nitrogens with zero attached hydrogens (tertiary/aromatic N) is 3. The van der Waals surface area contributed by atoms with E-state index in [4.69, 9.17) is 0 Å². The number of benzene rings is 1. The van der Waals surface area contributed by atoms with Crippen LogP contribution in [0.2, 0.25) is 0 Å². The molecule has 0 aromatic heterocycles. The first-order valence-electron chi connectivity index (χ1n) is 6.74. The van der Waals surface area contributed by atoms with Crippen molar-refractivity contribution in [1.82, 2.24) is 4.90 Å². The fourth-order valence-electron chi connectivity index (χ4n) is 2.83. The van der Waals surface area contributed by atoms with Gasteiger partial charge in [-0.3, -0.25) is 10.1 Å². The Balaban J connectivity index is 2.12. The molecule has 1 aromatic carbocycles. The van der Waals surface area contributed by atoms with E-state index in [-0.39, 0.29) is 10.6 Å². The van der Waals surface area contributed by atoms with Crippen LogP contribution in [-0.2, 0) is 5.33 Å². The average Bonchev–Trinajstić information content (AvgIpc) is 2.83. The maximum atomic E-state index is 10.8. The van der Waals surface area contributed by atoms with E-state index in [1.165, 1.54) is 6.42 Å². The van der Waals surface area contributed by atoms with Gasteiger partial charge < -0.3 is 9.80 Å². The van der Waals surface area contributed by atoms with Gasteiger partial charge in [-0.05, 0) is 37.6 Å². The molecule has 1 aliphatic rings. The van der Waals surface area contributed by atoms with Crippen molar-refractivity contribution in [3.63, 3.8) is 0 Å². The molecule has 0 spiro atoms. The van der Waals surface area contributed by atoms with E-state index < -0.39 is 0 Å². The summed E-state index contributed by atoms with van der Waals surface area (Å²) in [6.45, 7) is 3.27. The molecule has 1 heterocycles. The first-order valence-corrected chi connectivity index (χ1v) is 7.86. The average molecular weight is 342 g/mol. The van der Waals surface area contributed by atoms with Crippen LogP contribution in [0.15, 0.2) is 18.2 Å². The lowest BCUT2D eigenvalue weighted by molar-refractivity contribution is -0.384. The van der Waals surface area contributed by atoms with E-state index in [2.05, 4.69) is 39.8 Å². The van der Waals surface area contributed by atoms with Crippen molar-refractivity contribution in [3.05, 3.63) is 33.9 Å². The maximum absolute atomic E-state index is 10.8. The lowest BCUT2D eigenvalue weighted by atomic mass is 10.1. The summed E-state index contributed by atoms with van der Waals surface area (Å²) in [5.74, 6) is 0.670. The topological polar surface area (TPSA) is 49.6 Å². The molecule has 0 bridgehead atoms. The number of nitro benzene ring substituents is 1. The van der Waals surface area contributed by atoms with Crippen LogP contribution in [0.4, 0.5) is 11.4 Å². The first-order chi connectivity index (χ1) is 9.51. The summed E-state index contributed by atoms with van der Waals surface area (Å²) in [6, 6.07) is 5.09. The lowest BCUT2D eigenvalue weighted by Gasteiger charge is -2.25. The van der Waals surface area contributed by atoms with Crippen LogP contribution in [0, 0.1) is 16.0 Å². The van der Waals surface area contributed by atoms with E-state index in [0.717, 1.165) is 30.9 Å². The highest BCUT2D eigenvalue weighted by molar-refractivity contribution is 9.08. The SMILES string of the molecule is CN1CCC(CN(C)c2ccc([N+](=O)[O-])cc2CBr)C1. The number of nitro groups is 1. The molecule has 1 atom stereocenters. The van der Waals surface area contributed by atoms with Gasteiger partial charge in [0.2, 0.25) is 0 Å². The molecular formula is C14H20BrN3O2. The summed E-state index contributed by atoms with van der Waals surface area (Å²) in [6.07, 6.45) is 1.22. The van der Waals surface area contributed by atoms with Crippen LogP contribution in [0.1, 0.15) is 12.0 Å². The Morgan fingerprint density at radius 2 is 2.30 bits per heavy atom. The number of rotatable bonds is 5. The minimum absolute atomic E-state index is 0.150. The summed E-state index contributed by atoms with van der Waals surface area (Å²) in [5.41, 5.74) is 2.19. The second kappa shape index (κ2) is 6.54. The number of alkyl halides is 1. The third-order valence-corrected chi connectivity index (χ3v) is 4.45. The zero-order valence-electron chi connectivity index (χ0n) is 11.9. The molecule has 1 aromatic rings.